The molecule has 15 heavy (non-hydrogen) atoms. The zero-order chi connectivity index (χ0) is 10.3. The first kappa shape index (κ1) is 8.54. The van der Waals surface area contributed by atoms with Gasteiger partial charge in [-0.2, -0.15) is 0 Å². The number of anilines is 1. The van der Waals surface area contributed by atoms with Crippen molar-refractivity contribution >= 4 is 28.6 Å². The molecule has 3 heterocycles. The Hall–Kier alpha value is -1.76. The summed E-state index contributed by atoms with van der Waals surface area (Å²) in [6.45, 7) is 0. The van der Waals surface area contributed by atoms with E-state index in [0.29, 0.717) is 27.8 Å². The van der Waals surface area contributed by atoms with Crippen molar-refractivity contribution in [3.8, 4) is 0 Å². The van der Waals surface area contributed by atoms with Gasteiger partial charge in [-0.1, -0.05) is 11.8 Å². The SMILES string of the molecule is O=c1nc2cncnc2nc2c1NCS2. The summed E-state index contributed by atoms with van der Waals surface area (Å²) in [5, 5.41) is 3.59. The Morgan fingerprint density at radius 3 is 3.27 bits per heavy atom. The second-order valence-electron chi connectivity index (χ2n) is 2.91. The molecule has 1 aliphatic heterocycles. The maximum Gasteiger partial charge on any atom is 0.296 e. The van der Waals surface area contributed by atoms with Gasteiger partial charge in [0, 0.05) is 0 Å². The summed E-state index contributed by atoms with van der Waals surface area (Å²) in [5.41, 5.74) is 1.00. The van der Waals surface area contributed by atoms with Crippen molar-refractivity contribution in [2.45, 2.75) is 5.03 Å². The van der Waals surface area contributed by atoms with Crippen molar-refractivity contribution < 1.29 is 0 Å². The minimum absolute atomic E-state index is 0.313. The summed E-state index contributed by atoms with van der Waals surface area (Å²) in [6, 6.07) is 0. The van der Waals surface area contributed by atoms with Crippen LogP contribution in [0.15, 0.2) is 22.3 Å². The summed E-state index contributed by atoms with van der Waals surface area (Å²) >= 11 is 1.47. The molecular formula is C8H5N5OS. The molecule has 7 heteroatoms. The molecule has 0 atom stereocenters. The molecule has 3 rings (SSSR count). The van der Waals surface area contributed by atoms with Crippen LogP contribution in [0.3, 0.4) is 0 Å². The van der Waals surface area contributed by atoms with E-state index in [4.69, 9.17) is 0 Å². The van der Waals surface area contributed by atoms with Gasteiger partial charge in [0.1, 0.15) is 22.6 Å². The van der Waals surface area contributed by atoms with E-state index in [-0.39, 0.29) is 5.56 Å². The lowest BCUT2D eigenvalue weighted by molar-refractivity contribution is 1.14. The number of thioether (sulfide) groups is 1. The molecule has 6 nitrogen and oxygen atoms in total. The number of nitrogens with one attached hydrogen (secondary N) is 1. The van der Waals surface area contributed by atoms with E-state index in [1.807, 2.05) is 0 Å². The lowest BCUT2D eigenvalue weighted by atomic mass is 10.5. The standard InChI is InChI=1S/C8H5N5OS/c14-7-5-8(15-3-11-5)13-6-4(12-7)1-9-2-10-6/h1-2,11H,3H2. The predicted molar refractivity (Wildman–Crippen MR) is 55.7 cm³/mol. The molecule has 0 spiro atoms. The van der Waals surface area contributed by atoms with E-state index in [0.717, 1.165) is 0 Å². The minimum atomic E-state index is -0.313. The number of hydrogen-bond donors (Lipinski definition) is 1. The van der Waals surface area contributed by atoms with Crippen LogP contribution in [0, 0.1) is 0 Å². The average Bonchev–Trinajstić information content (AvgIpc) is 2.64. The summed E-state index contributed by atoms with van der Waals surface area (Å²) in [5.74, 6) is 0.649. The molecule has 0 fully saturated rings. The highest BCUT2D eigenvalue weighted by molar-refractivity contribution is 7.99. The first-order valence-electron chi connectivity index (χ1n) is 4.23. The monoisotopic (exact) mass is 219 g/mol. The van der Waals surface area contributed by atoms with Gasteiger partial charge in [-0.05, 0) is 0 Å². The van der Waals surface area contributed by atoms with E-state index in [2.05, 4.69) is 25.3 Å². The Morgan fingerprint density at radius 1 is 1.40 bits per heavy atom. The Balaban J connectivity index is 2.49. The third-order valence-corrected chi connectivity index (χ3v) is 2.85. The molecule has 0 amide bonds. The van der Waals surface area contributed by atoms with Crippen LogP contribution in [0.1, 0.15) is 0 Å². The highest BCUT2D eigenvalue weighted by Gasteiger charge is 2.16. The van der Waals surface area contributed by atoms with Gasteiger partial charge in [0.25, 0.3) is 5.56 Å². The molecule has 0 saturated heterocycles. The quantitative estimate of drug-likeness (QED) is 0.680. The van der Waals surface area contributed by atoms with Crippen LogP contribution in [0.25, 0.3) is 11.2 Å². The van der Waals surface area contributed by atoms with E-state index < -0.39 is 0 Å². The fraction of sp³-hybridized carbons (Fsp3) is 0.125. The third kappa shape index (κ3) is 1.32. The van der Waals surface area contributed by atoms with Gasteiger partial charge >= 0.3 is 0 Å². The highest BCUT2D eigenvalue weighted by atomic mass is 32.2. The molecule has 0 bridgehead atoms. The Labute approximate surface area is 88.2 Å². The second kappa shape index (κ2) is 3.13. The van der Waals surface area contributed by atoms with Crippen LogP contribution in [-0.4, -0.2) is 25.8 Å². The lowest BCUT2D eigenvalue weighted by Gasteiger charge is -1.87. The van der Waals surface area contributed by atoms with Gasteiger partial charge < -0.3 is 5.32 Å². The number of hydrogen-bond acceptors (Lipinski definition) is 7. The smallest absolute Gasteiger partial charge is 0.296 e. The van der Waals surface area contributed by atoms with Gasteiger partial charge in [0.15, 0.2) is 5.65 Å². The van der Waals surface area contributed by atoms with Gasteiger partial charge in [-0.15, -0.1) is 0 Å². The Kier molecular flexibility index (Phi) is 1.78. The Bertz CT molecular complexity index is 602. The maximum atomic E-state index is 11.6. The largest absolute Gasteiger partial charge is 0.369 e. The summed E-state index contributed by atoms with van der Waals surface area (Å²) < 4.78 is 0. The fourth-order valence-corrected chi connectivity index (χ4v) is 2.13. The third-order valence-electron chi connectivity index (χ3n) is 1.99. The number of rotatable bonds is 0. The van der Waals surface area contributed by atoms with Crippen LogP contribution in [0.4, 0.5) is 5.69 Å². The molecule has 0 aromatic carbocycles. The van der Waals surface area contributed by atoms with Crippen molar-refractivity contribution in [3.63, 3.8) is 0 Å². The molecule has 2 aromatic rings. The maximum absolute atomic E-state index is 11.6. The first-order valence-corrected chi connectivity index (χ1v) is 5.22. The second-order valence-corrected chi connectivity index (χ2v) is 3.87. The molecule has 1 N–H and O–H groups in total. The zero-order valence-electron chi connectivity index (χ0n) is 7.47. The summed E-state index contributed by atoms with van der Waals surface area (Å²) in [6.07, 6.45) is 2.87. The normalized spacial score (nSPS) is 13.6. The van der Waals surface area contributed by atoms with Crippen molar-refractivity contribution in [2.24, 2.45) is 0 Å². The van der Waals surface area contributed by atoms with Gasteiger partial charge in [0.2, 0.25) is 0 Å². The fourth-order valence-electron chi connectivity index (χ4n) is 1.32. The summed E-state index contributed by atoms with van der Waals surface area (Å²) in [7, 11) is 0. The van der Waals surface area contributed by atoms with Crippen molar-refractivity contribution in [2.75, 3.05) is 11.2 Å². The van der Waals surface area contributed by atoms with Crippen molar-refractivity contribution in [1.82, 2.24) is 19.9 Å². The van der Waals surface area contributed by atoms with E-state index in [1.165, 1.54) is 24.3 Å². The first-order chi connectivity index (χ1) is 7.34. The molecule has 0 aliphatic carbocycles. The van der Waals surface area contributed by atoms with E-state index >= 15 is 0 Å². The topological polar surface area (TPSA) is 80.7 Å². The highest BCUT2D eigenvalue weighted by Crippen LogP contribution is 2.27. The molecular weight excluding hydrogens is 214 g/mol. The molecule has 2 aromatic heterocycles. The zero-order valence-corrected chi connectivity index (χ0v) is 8.28. The predicted octanol–water partition coefficient (Wildman–Crippen LogP) is 0.255. The van der Waals surface area contributed by atoms with Crippen LogP contribution in [0.2, 0.25) is 0 Å². The van der Waals surface area contributed by atoms with E-state index in [9.17, 15) is 4.79 Å². The van der Waals surface area contributed by atoms with Crippen LogP contribution < -0.4 is 10.9 Å². The van der Waals surface area contributed by atoms with Crippen molar-refractivity contribution in [3.05, 3.63) is 22.9 Å². The van der Waals surface area contributed by atoms with Crippen LogP contribution >= 0.6 is 11.8 Å². The molecule has 0 radical (unpaired) electrons. The minimum Gasteiger partial charge on any atom is -0.369 e. The number of aromatic nitrogens is 4. The number of fused-ring (bicyclic) bond motifs is 2. The molecule has 1 aliphatic rings. The Morgan fingerprint density at radius 2 is 2.33 bits per heavy atom. The van der Waals surface area contributed by atoms with E-state index in [1.54, 1.807) is 0 Å². The van der Waals surface area contributed by atoms with Crippen LogP contribution in [0.5, 0.6) is 0 Å². The van der Waals surface area contributed by atoms with Crippen molar-refractivity contribution in [1.29, 1.82) is 0 Å². The lowest BCUT2D eigenvalue weighted by Crippen LogP contribution is -2.08. The summed E-state index contributed by atoms with van der Waals surface area (Å²) in [4.78, 5) is 27.6. The van der Waals surface area contributed by atoms with Gasteiger partial charge in [-0.25, -0.2) is 19.9 Å². The molecule has 74 valence electrons. The number of nitrogens with zero attached hydrogens (tertiary/aromatic N) is 4. The molecule has 0 saturated carbocycles. The van der Waals surface area contributed by atoms with Gasteiger partial charge in [0.05, 0.1) is 12.1 Å². The molecule has 0 unspecified atom stereocenters. The van der Waals surface area contributed by atoms with Crippen LogP contribution in [-0.2, 0) is 0 Å². The van der Waals surface area contributed by atoms with Gasteiger partial charge in [-0.3, -0.25) is 4.79 Å². The average molecular weight is 219 g/mol.